The first kappa shape index (κ1) is 16.6. The van der Waals surface area contributed by atoms with E-state index < -0.39 is 0 Å². The van der Waals surface area contributed by atoms with E-state index in [4.69, 9.17) is 4.74 Å². The van der Waals surface area contributed by atoms with Crippen LogP contribution in [0, 0.1) is 0 Å². The van der Waals surface area contributed by atoms with Crippen LogP contribution in [0.5, 0.6) is 5.75 Å². The molecule has 0 aliphatic carbocycles. The van der Waals surface area contributed by atoms with Gasteiger partial charge in [0, 0.05) is 39.0 Å². The summed E-state index contributed by atoms with van der Waals surface area (Å²) in [6, 6.07) is 8.40. The van der Waals surface area contributed by atoms with Crippen molar-refractivity contribution in [2.75, 3.05) is 26.7 Å². The molecule has 0 N–H and O–H groups in total. The molecule has 4 nitrogen and oxygen atoms in total. The minimum atomic E-state index is 0.561. The number of hydrogen-bond donors (Lipinski definition) is 0. The summed E-state index contributed by atoms with van der Waals surface area (Å²) in [5.41, 5.74) is 1.35. The fourth-order valence-electron chi connectivity index (χ4n) is 2.31. The zero-order chi connectivity index (χ0) is 15.9. The first-order chi connectivity index (χ1) is 10.6. The molecule has 4 heteroatoms. The Kier molecular flexibility index (Phi) is 6.01. The topological polar surface area (TPSA) is 30.3 Å². The second kappa shape index (κ2) is 7.99. The van der Waals surface area contributed by atoms with Gasteiger partial charge in [-0.05, 0) is 30.7 Å². The van der Waals surface area contributed by atoms with E-state index in [-0.39, 0.29) is 0 Å². The molecule has 2 rings (SSSR count). The van der Waals surface area contributed by atoms with Gasteiger partial charge in [-0.2, -0.15) is 0 Å². The van der Waals surface area contributed by atoms with Crippen molar-refractivity contribution < 1.29 is 4.74 Å². The Balaban J connectivity index is 1.68. The predicted octanol–water partition coefficient (Wildman–Crippen LogP) is 3.10. The summed E-state index contributed by atoms with van der Waals surface area (Å²) < 4.78 is 7.88. The molecule has 0 saturated heterocycles. The number of benzene rings is 1. The standard InChI is InChI=1S/C18H27N3O/c1-15(2)16-5-7-17(8-6-16)22-14-13-20(3)11-9-18-19-10-12-21(18)4/h5-8,10,12,15H,9,11,13-14H2,1-4H3. The molecular weight excluding hydrogens is 274 g/mol. The Morgan fingerprint density at radius 1 is 1.18 bits per heavy atom. The van der Waals surface area contributed by atoms with Crippen LogP contribution in [0.15, 0.2) is 36.7 Å². The van der Waals surface area contributed by atoms with Crippen LogP contribution in [0.4, 0.5) is 0 Å². The van der Waals surface area contributed by atoms with Crippen molar-refractivity contribution in [1.82, 2.24) is 14.5 Å². The molecule has 0 aliphatic rings. The molecule has 0 radical (unpaired) electrons. The van der Waals surface area contributed by atoms with E-state index in [1.54, 1.807) is 0 Å². The van der Waals surface area contributed by atoms with Crippen molar-refractivity contribution in [2.45, 2.75) is 26.2 Å². The van der Waals surface area contributed by atoms with E-state index in [2.05, 4.69) is 59.6 Å². The Morgan fingerprint density at radius 2 is 1.91 bits per heavy atom. The Labute approximate surface area is 133 Å². The van der Waals surface area contributed by atoms with Crippen molar-refractivity contribution in [2.24, 2.45) is 7.05 Å². The summed E-state index contributed by atoms with van der Waals surface area (Å²) in [6.07, 6.45) is 4.79. The second-order valence-electron chi connectivity index (χ2n) is 6.08. The molecule has 0 unspecified atom stereocenters. The van der Waals surface area contributed by atoms with Crippen LogP contribution in [0.2, 0.25) is 0 Å². The van der Waals surface area contributed by atoms with Crippen LogP contribution in [-0.4, -0.2) is 41.2 Å². The smallest absolute Gasteiger partial charge is 0.119 e. The number of aryl methyl sites for hydroxylation is 1. The van der Waals surface area contributed by atoms with Gasteiger partial charge in [0.05, 0.1) is 0 Å². The molecule has 0 atom stereocenters. The molecule has 0 fully saturated rings. The van der Waals surface area contributed by atoms with Crippen molar-refractivity contribution in [1.29, 1.82) is 0 Å². The molecule has 1 aromatic heterocycles. The number of nitrogens with zero attached hydrogens (tertiary/aromatic N) is 3. The Morgan fingerprint density at radius 3 is 2.50 bits per heavy atom. The predicted molar refractivity (Wildman–Crippen MR) is 90.4 cm³/mol. The molecule has 1 aromatic carbocycles. The van der Waals surface area contributed by atoms with Gasteiger partial charge in [-0.3, -0.25) is 0 Å². The molecule has 0 bridgehead atoms. The maximum absolute atomic E-state index is 5.81. The van der Waals surface area contributed by atoms with Crippen LogP contribution in [0.3, 0.4) is 0 Å². The van der Waals surface area contributed by atoms with Crippen LogP contribution >= 0.6 is 0 Å². The lowest BCUT2D eigenvalue weighted by Crippen LogP contribution is -2.27. The van der Waals surface area contributed by atoms with Gasteiger partial charge in [-0.15, -0.1) is 0 Å². The van der Waals surface area contributed by atoms with Crippen LogP contribution < -0.4 is 4.74 Å². The lowest BCUT2D eigenvalue weighted by molar-refractivity contribution is 0.238. The zero-order valence-corrected chi connectivity index (χ0v) is 14.1. The molecule has 2 aromatic rings. The minimum Gasteiger partial charge on any atom is -0.492 e. The third-order valence-corrected chi connectivity index (χ3v) is 3.93. The highest BCUT2D eigenvalue weighted by Gasteiger charge is 2.04. The quantitative estimate of drug-likeness (QED) is 0.750. The molecule has 0 spiro atoms. The van der Waals surface area contributed by atoms with Gasteiger partial charge in [-0.25, -0.2) is 4.98 Å². The lowest BCUT2D eigenvalue weighted by Gasteiger charge is -2.17. The summed E-state index contributed by atoms with van der Waals surface area (Å²) in [7, 11) is 4.15. The lowest BCUT2D eigenvalue weighted by atomic mass is 10.0. The highest BCUT2D eigenvalue weighted by atomic mass is 16.5. The highest BCUT2D eigenvalue weighted by Crippen LogP contribution is 2.18. The minimum absolute atomic E-state index is 0.561. The van der Waals surface area contributed by atoms with E-state index in [1.807, 2.05) is 19.4 Å². The number of likely N-dealkylation sites (N-methyl/N-ethyl adjacent to an activating group) is 1. The van der Waals surface area contributed by atoms with Gasteiger partial charge in [-0.1, -0.05) is 26.0 Å². The maximum atomic E-state index is 5.81. The van der Waals surface area contributed by atoms with Crippen molar-refractivity contribution in [3.05, 3.63) is 48.0 Å². The van der Waals surface area contributed by atoms with E-state index in [9.17, 15) is 0 Å². The summed E-state index contributed by atoms with van der Waals surface area (Å²) >= 11 is 0. The average molecular weight is 301 g/mol. The highest BCUT2D eigenvalue weighted by molar-refractivity contribution is 5.28. The van der Waals surface area contributed by atoms with Crippen molar-refractivity contribution in [3.8, 4) is 5.75 Å². The summed E-state index contributed by atoms with van der Waals surface area (Å²) in [6.45, 7) is 7.01. The summed E-state index contributed by atoms with van der Waals surface area (Å²) in [5, 5.41) is 0. The van der Waals surface area contributed by atoms with Gasteiger partial charge < -0.3 is 14.2 Å². The normalized spacial score (nSPS) is 11.4. The fraction of sp³-hybridized carbons (Fsp3) is 0.500. The number of rotatable bonds is 8. The van der Waals surface area contributed by atoms with Gasteiger partial charge in [0.25, 0.3) is 0 Å². The van der Waals surface area contributed by atoms with E-state index >= 15 is 0 Å². The average Bonchev–Trinajstić information content (AvgIpc) is 2.91. The van der Waals surface area contributed by atoms with Crippen molar-refractivity contribution in [3.63, 3.8) is 0 Å². The molecule has 1 heterocycles. The van der Waals surface area contributed by atoms with Crippen LogP contribution in [-0.2, 0) is 13.5 Å². The molecule has 0 saturated carbocycles. The second-order valence-corrected chi connectivity index (χ2v) is 6.08. The molecule has 22 heavy (non-hydrogen) atoms. The van der Waals surface area contributed by atoms with Crippen LogP contribution in [0.1, 0.15) is 31.2 Å². The third-order valence-electron chi connectivity index (χ3n) is 3.93. The van der Waals surface area contributed by atoms with E-state index in [0.29, 0.717) is 12.5 Å². The maximum Gasteiger partial charge on any atom is 0.119 e. The van der Waals surface area contributed by atoms with Gasteiger partial charge in [0.15, 0.2) is 0 Å². The van der Waals surface area contributed by atoms with Crippen LogP contribution in [0.25, 0.3) is 0 Å². The number of ether oxygens (including phenoxy) is 1. The van der Waals surface area contributed by atoms with E-state index in [1.165, 1.54) is 5.56 Å². The summed E-state index contributed by atoms with van der Waals surface area (Å²) in [5.74, 6) is 2.63. The number of imidazole rings is 1. The van der Waals surface area contributed by atoms with Gasteiger partial charge in [0.2, 0.25) is 0 Å². The summed E-state index contributed by atoms with van der Waals surface area (Å²) in [4.78, 5) is 6.62. The molecule has 0 aliphatic heterocycles. The first-order valence-corrected chi connectivity index (χ1v) is 7.93. The Hall–Kier alpha value is -1.81. The SMILES string of the molecule is CC(C)c1ccc(OCCN(C)CCc2nccn2C)cc1. The fourth-order valence-corrected chi connectivity index (χ4v) is 2.31. The van der Waals surface area contributed by atoms with Crippen molar-refractivity contribution >= 4 is 0 Å². The Bertz CT molecular complexity index is 560. The zero-order valence-electron chi connectivity index (χ0n) is 14.1. The van der Waals surface area contributed by atoms with Gasteiger partial charge >= 0.3 is 0 Å². The molecular formula is C18H27N3O. The monoisotopic (exact) mass is 301 g/mol. The largest absolute Gasteiger partial charge is 0.492 e. The number of hydrogen-bond acceptors (Lipinski definition) is 3. The molecule has 120 valence electrons. The van der Waals surface area contributed by atoms with Gasteiger partial charge in [0.1, 0.15) is 18.2 Å². The third kappa shape index (κ3) is 4.88. The van der Waals surface area contributed by atoms with E-state index in [0.717, 1.165) is 31.1 Å². The number of aromatic nitrogens is 2. The first-order valence-electron chi connectivity index (χ1n) is 7.93. The molecule has 0 amide bonds.